The predicted molar refractivity (Wildman–Crippen MR) is 65.6 cm³/mol. The lowest BCUT2D eigenvalue weighted by Crippen LogP contribution is -2.35. The van der Waals surface area contributed by atoms with Gasteiger partial charge in [-0.15, -0.1) is 0 Å². The van der Waals surface area contributed by atoms with Crippen molar-refractivity contribution in [1.29, 1.82) is 5.26 Å². The van der Waals surface area contributed by atoms with Crippen LogP contribution in [0.3, 0.4) is 0 Å². The van der Waals surface area contributed by atoms with Crippen molar-refractivity contribution >= 4 is 17.6 Å². The van der Waals surface area contributed by atoms with Crippen LogP contribution in [0.1, 0.15) is 25.8 Å². The minimum atomic E-state index is -1.32. The average molecular weight is 270 g/mol. The number of rotatable bonds is 4. The first-order valence-electron chi connectivity index (χ1n) is 5.45. The lowest BCUT2D eigenvalue weighted by Gasteiger charge is -2.25. The van der Waals surface area contributed by atoms with E-state index in [1.54, 1.807) is 6.92 Å². The Morgan fingerprint density at radius 2 is 2.28 bits per heavy atom. The first-order valence-corrected chi connectivity index (χ1v) is 5.83. The van der Waals surface area contributed by atoms with Crippen molar-refractivity contribution in [2.45, 2.75) is 25.7 Å². The fourth-order valence-corrected chi connectivity index (χ4v) is 1.82. The maximum absolute atomic E-state index is 13.9. The number of hydrogen-bond donors (Lipinski definition) is 0. The zero-order chi connectivity index (χ0) is 13.8. The SMILES string of the molecule is CCOC(=O)C(C)(CC#N)c1ccc(Cl)cc1F. The Hall–Kier alpha value is -1.60. The van der Waals surface area contributed by atoms with Crippen LogP contribution in [0.5, 0.6) is 0 Å². The Morgan fingerprint density at radius 3 is 2.78 bits per heavy atom. The normalized spacial score (nSPS) is 13.5. The smallest absolute Gasteiger partial charge is 0.317 e. The molecular formula is C13H13ClFNO2. The van der Waals surface area contributed by atoms with Crippen LogP contribution in [-0.4, -0.2) is 12.6 Å². The van der Waals surface area contributed by atoms with Crippen molar-refractivity contribution in [2.75, 3.05) is 6.61 Å². The second kappa shape index (κ2) is 5.83. The first kappa shape index (κ1) is 14.5. The van der Waals surface area contributed by atoms with E-state index >= 15 is 0 Å². The van der Waals surface area contributed by atoms with Crippen molar-refractivity contribution < 1.29 is 13.9 Å². The molecule has 0 fully saturated rings. The van der Waals surface area contributed by atoms with Crippen LogP contribution in [0.2, 0.25) is 5.02 Å². The van der Waals surface area contributed by atoms with Gasteiger partial charge in [-0.25, -0.2) is 4.39 Å². The molecule has 0 radical (unpaired) electrons. The van der Waals surface area contributed by atoms with Crippen molar-refractivity contribution in [1.82, 2.24) is 0 Å². The molecule has 0 aliphatic rings. The van der Waals surface area contributed by atoms with Gasteiger partial charge in [0.1, 0.15) is 11.2 Å². The molecule has 1 aromatic rings. The summed E-state index contributed by atoms with van der Waals surface area (Å²) in [4.78, 5) is 11.9. The van der Waals surface area contributed by atoms with E-state index in [9.17, 15) is 9.18 Å². The number of benzene rings is 1. The monoisotopic (exact) mass is 269 g/mol. The second-order valence-electron chi connectivity index (χ2n) is 4.01. The number of hydrogen-bond acceptors (Lipinski definition) is 3. The molecule has 0 amide bonds. The molecule has 0 aliphatic carbocycles. The summed E-state index contributed by atoms with van der Waals surface area (Å²) >= 11 is 5.66. The van der Waals surface area contributed by atoms with E-state index in [-0.39, 0.29) is 23.6 Å². The third kappa shape index (κ3) is 2.80. The van der Waals surface area contributed by atoms with Crippen LogP contribution in [0.15, 0.2) is 18.2 Å². The molecule has 0 heterocycles. The molecule has 0 aromatic heterocycles. The largest absolute Gasteiger partial charge is 0.465 e. The van der Waals surface area contributed by atoms with Gasteiger partial charge >= 0.3 is 5.97 Å². The van der Waals surface area contributed by atoms with Gasteiger partial charge in [-0.05, 0) is 26.0 Å². The van der Waals surface area contributed by atoms with Gasteiger partial charge in [0.2, 0.25) is 0 Å². The van der Waals surface area contributed by atoms with E-state index < -0.39 is 17.2 Å². The summed E-state index contributed by atoms with van der Waals surface area (Å²) in [6.45, 7) is 3.32. The van der Waals surface area contributed by atoms with Crippen molar-refractivity contribution in [2.24, 2.45) is 0 Å². The fraction of sp³-hybridized carbons (Fsp3) is 0.385. The zero-order valence-corrected chi connectivity index (χ0v) is 10.9. The minimum absolute atomic E-state index is 0.118. The summed E-state index contributed by atoms with van der Waals surface area (Å²) in [5.74, 6) is -1.24. The number of nitriles is 1. The molecule has 5 heteroatoms. The van der Waals surface area contributed by atoms with Gasteiger partial charge < -0.3 is 4.74 Å². The van der Waals surface area contributed by atoms with Gasteiger partial charge in [0.25, 0.3) is 0 Å². The Kier molecular flexibility index (Phi) is 4.69. The van der Waals surface area contributed by atoms with Crippen LogP contribution >= 0.6 is 11.6 Å². The molecule has 1 unspecified atom stereocenters. The summed E-state index contributed by atoms with van der Waals surface area (Å²) in [7, 11) is 0. The highest BCUT2D eigenvalue weighted by molar-refractivity contribution is 6.30. The van der Waals surface area contributed by atoms with E-state index in [1.807, 2.05) is 6.07 Å². The Bertz CT molecular complexity index is 498. The molecular weight excluding hydrogens is 257 g/mol. The topological polar surface area (TPSA) is 50.1 Å². The van der Waals surface area contributed by atoms with Crippen molar-refractivity contribution in [3.63, 3.8) is 0 Å². The summed E-state index contributed by atoms with van der Waals surface area (Å²) in [5.41, 5.74) is -1.20. The van der Waals surface area contributed by atoms with E-state index in [2.05, 4.69) is 0 Å². The average Bonchev–Trinajstić information content (AvgIpc) is 2.29. The second-order valence-corrected chi connectivity index (χ2v) is 4.45. The third-order valence-corrected chi connectivity index (χ3v) is 2.92. The van der Waals surface area contributed by atoms with Crippen LogP contribution in [0, 0.1) is 17.1 Å². The molecule has 96 valence electrons. The number of esters is 1. The van der Waals surface area contributed by atoms with Gasteiger partial charge in [-0.1, -0.05) is 17.7 Å². The molecule has 0 saturated heterocycles. The van der Waals surface area contributed by atoms with Crippen molar-refractivity contribution in [3.05, 3.63) is 34.6 Å². The number of carbonyl (C=O) groups is 1. The summed E-state index contributed by atoms with van der Waals surface area (Å²) in [6.07, 6.45) is -0.162. The lowest BCUT2D eigenvalue weighted by atomic mass is 9.79. The molecule has 0 N–H and O–H groups in total. The zero-order valence-electron chi connectivity index (χ0n) is 10.2. The Balaban J connectivity index is 3.27. The molecule has 3 nitrogen and oxygen atoms in total. The van der Waals surface area contributed by atoms with Gasteiger partial charge in [0.15, 0.2) is 0 Å². The van der Waals surface area contributed by atoms with Crippen LogP contribution in [0.4, 0.5) is 4.39 Å². The van der Waals surface area contributed by atoms with Crippen LogP contribution in [-0.2, 0) is 14.9 Å². The maximum Gasteiger partial charge on any atom is 0.317 e. The van der Waals surface area contributed by atoms with Crippen molar-refractivity contribution in [3.8, 4) is 6.07 Å². The number of carbonyl (C=O) groups excluding carboxylic acids is 1. The number of ether oxygens (including phenoxy) is 1. The standard InChI is InChI=1S/C13H13ClFNO2/c1-3-18-12(17)13(2,6-7-16)10-5-4-9(14)8-11(10)15/h4-5,8H,3,6H2,1-2H3. The van der Waals surface area contributed by atoms with Gasteiger partial charge in [-0.2, -0.15) is 5.26 Å². The van der Waals surface area contributed by atoms with Gasteiger partial charge in [-0.3, -0.25) is 4.79 Å². The van der Waals surface area contributed by atoms with E-state index in [4.69, 9.17) is 21.6 Å². The molecule has 0 aliphatic heterocycles. The molecule has 1 atom stereocenters. The van der Waals surface area contributed by atoms with E-state index in [0.717, 1.165) is 6.07 Å². The quantitative estimate of drug-likeness (QED) is 0.789. The fourth-order valence-electron chi connectivity index (χ4n) is 1.66. The Labute approximate surface area is 110 Å². The van der Waals surface area contributed by atoms with Gasteiger partial charge in [0.05, 0.1) is 19.1 Å². The summed E-state index contributed by atoms with van der Waals surface area (Å²) in [6, 6.07) is 5.89. The first-order chi connectivity index (χ1) is 8.45. The lowest BCUT2D eigenvalue weighted by molar-refractivity contribution is -0.149. The predicted octanol–water partition coefficient (Wildman–Crippen LogP) is 3.21. The highest BCUT2D eigenvalue weighted by Gasteiger charge is 2.39. The summed E-state index contributed by atoms with van der Waals surface area (Å²) < 4.78 is 18.8. The highest BCUT2D eigenvalue weighted by Crippen LogP contribution is 2.32. The minimum Gasteiger partial charge on any atom is -0.465 e. The maximum atomic E-state index is 13.9. The van der Waals surface area contributed by atoms with E-state index in [0.29, 0.717) is 0 Å². The number of nitrogens with zero attached hydrogens (tertiary/aromatic N) is 1. The van der Waals surface area contributed by atoms with E-state index in [1.165, 1.54) is 19.1 Å². The molecule has 0 spiro atoms. The third-order valence-electron chi connectivity index (χ3n) is 2.68. The molecule has 0 bridgehead atoms. The van der Waals surface area contributed by atoms with Crippen LogP contribution < -0.4 is 0 Å². The summed E-state index contributed by atoms with van der Waals surface area (Å²) in [5, 5.41) is 9.06. The highest BCUT2D eigenvalue weighted by atomic mass is 35.5. The molecule has 18 heavy (non-hydrogen) atoms. The molecule has 1 aromatic carbocycles. The molecule has 1 rings (SSSR count). The van der Waals surface area contributed by atoms with Gasteiger partial charge in [0, 0.05) is 10.6 Å². The number of halogens is 2. The Morgan fingerprint density at radius 1 is 1.61 bits per heavy atom. The van der Waals surface area contributed by atoms with Crippen LogP contribution in [0.25, 0.3) is 0 Å². The molecule has 0 saturated carbocycles.